The number of carbonyl (C=O) groups is 2. The number of benzene rings is 1. The van der Waals surface area contributed by atoms with Gasteiger partial charge in [-0.1, -0.05) is 37.0 Å². The molecule has 0 aromatic heterocycles. The second-order valence-electron chi connectivity index (χ2n) is 6.10. The molecule has 2 amide bonds. The van der Waals surface area contributed by atoms with Gasteiger partial charge in [0.25, 0.3) is 0 Å². The number of nitrogens with one attached hydrogen (secondary N) is 2. The maximum atomic E-state index is 12.4. The molecule has 0 unspecified atom stereocenters. The molecule has 0 saturated heterocycles. The molecule has 1 aliphatic carbocycles. The van der Waals surface area contributed by atoms with E-state index in [0.29, 0.717) is 41.0 Å². The van der Waals surface area contributed by atoms with Gasteiger partial charge in [-0.05, 0) is 43.4 Å². The van der Waals surface area contributed by atoms with Crippen LogP contribution in [0.15, 0.2) is 18.2 Å². The van der Waals surface area contributed by atoms with Crippen molar-refractivity contribution in [3.63, 3.8) is 0 Å². The molecule has 1 saturated carbocycles. The highest BCUT2D eigenvalue weighted by Crippen LogP contribution is 2.47. The van der Waals surface area contributed by atoms with Crippen molar-refractivity contribution in [1.29, 1.82) is 0 Å². The Labute approximate surface area is 140 Å². The first kappa shape index (κ1) is 17.1. The fraction of sp³-hybridized carbons (Fsp3) is 0.500. The topological polar surface area (TPSA) is 58.2 Å². The van der Waals surface area contributed by atoms with Crippen molar-refractivity contribution in [2.24, 2.45) is 11.3 Å². The fourth-order valence-corrected chi connectivity index (χ4v) is 2.50. The summed E-state index contributed by atoms with van der Waals surface area (Å²) in [5.41, 5.74) is -0.525. The molecule has 1 aliphatic rings. The fourth-order valence-electron chi connectivity index (χ4n) is 2.16. The van der Waals surface area contributed by atoms with Crippen molar-refractivity contribution < 1.29 is 9.59 Å². The summed E-state index contributed by atoms with van der Waals surface area (Å²) < 4.78 is 0. The van der Waals surface area contributed by atoms with Crippen LogP contribution in [-0.4, -0.2) is 18.4 Å². The number of halogens is 2. The predicted molar refractivity (Wildman–Crippen MR) is 89.2 cm³/mol. The highest BCUT2D eigenvalue weighted by molar-refractivity contribution is 6.36. The molecule has 4 nitrogen and oxygen atoms in total. The van der Waals surface area contributed by atoms with Gasteiger partial charge in [-0.2, -0.15) is 0 Å². The third-order valence-corrected chi connectivity index (χ3v) is 4.37. The smallest absolute Gasteiger partial charge is 0.240 e. The minimum atomic E-state index is -0.956. The van der Waals surface area contributed by atoms with Crippen LogP contribution in [0.1, 0.15) is 33.1 Å². The summed E-state index contributed by atoms with van der Waals surface area (Å²) in [4.78, 5) is 24.7. The van der Waals surface area contributed by atoms with E-state index in [0.717, 1.165) is 6.42 Å². The van der Waals surface area contributed by atoms with Crippen molar-refractivity contribution in [3.05, 3.63) is 28.2 Å². The van der Waals surface area contributed by atoms with Gasteiger partial charge in [0.2, 0.25) is 11.8 Å². The van der Waals surface area contributed by atoms with E-state index >= 15 is 0 Å². The van der Waals surface area contributed by atoms with Gasteiger partial charge < -0.3 is 10.6 Å². The Morgan fingerprint density at radius 2 is 1.91 bits per heavy atom. The zero-order valence-electron chi connectivity index (χ0n) is 12.7. The summed E-state index contributed by atoms with van der Waals surface area (Å²) in [5.74, 6) is -0.0166. The third-order valence-electron chi connectivity index (χ3n) is 3.80. The summed E-state index contributed by atoms with van der Waals surface area (Å²) in [6.07, 6.45) is 2.01. The van der Waals surface area contributed by atoms with Crippen LogP contribution >= 0.6 is 23.2 Å². The largest absolute Gasteiger partial charge is 0.355 e. The summed E-state index contributed by atoms with van der Waals surface area (Å²) in [6.45, 7) is 4.77. The number of hydrogen-bond acceptors (Lipinski definition) is 2. The first-order chi connectivity index (χ1) is 10.3. The van der Waals surface area contributed by atoms with Crippen LogP contribution in [-0.2, 0) is 9.59 Å². The van der Waals surface area contributed by atoms with Crippen molar-refractivity contribution in [2.45, 2.75) is 33.1 Å². The molecular weight excluding hydrogens is 323 g/mol. The molecule has 0 spiro atoms. The Morgan fingerprint density at radius 1 is 1.23 bits per heavy atom. The zero-order valence-corrected chi connectivity index (χ0v) is 14.2. The van der Waals surface area contributed by atoms with Gasteiger partial charge in [0, 0.05) is 11.6 Å². The summed E-state index contributed by atoms with van der Waals surface area (Å²) in [7, 11) is 0. The van der Waals surface area contributed by atoms with Crippen LogP contribution in [0.2, 0.25) is 10.0 Å². The van der Waals surface area contributed by atoms with Crippen LogP contribution in [0.25, 0.3) is 0 Å². The molecule has 0 heterocycles. The standard InChI is InChI=1S/C16H20Cl2N2O2/c1-10(2)5-8-19-14(21)16(6-7-16)15(22)20-13-9-11(17)3-4-12(13)18/h3-4,9-10H,5-8H2,1-2H3,(H,19,21)(H,20,22). The number of anilines is 1. The SMILES string of the molecule is CC(C)CCNC(=O)C1(C(=O)Nc2cc(Cl)ccc2Cl)CC1. The number of hydrogen-bond donors (Lipinski definition) is 2. The highest BCUT2D eigenvalue weighted by atomic mass is 35.5. The Hall–Kier alpha value is -1.26. The first-order valence-corrected chi connectivity index (χ1v) is 8.15. The average Bonchev–Trinajstić information content (AvgIpc) is 3.24. The van der Waals surface area contributed by atoms with Gasteiger partial charge in [0.1, 0.15) is 5.41 Å². The van der Waals surface area contributed by atoms with Crippen molar-refractivity contribution in [3.8, 4) is 0 Å². The van der Waals surface area contributed by atoms with Gasteiger partial charge in [0.15, 0.2) is 0 Å². The summed E-state index contributed by atoms with van der Waals surface area (Å²) in [5, 5.41) is 6.44. The van der Waals surface area contributed by atoms with E-state index in [4.69, 9.17) is 23.2 Å². The number of amides is 2. The van der Waals surface area contributed by atoms with Gasteiger partial charge >= 0.3 is 0 Å². The van der Waals surface area contributed by atoms with Gasteiger partial charge in [-0.15, -0.1) is 0 Å². The Bertz CT molecular complexity index is 584. The second kappa shape index (κ2) is 6.88. The van der Waals surface area contributed by atoms with Crippen LogP contribution in [0, 0.1) is 11.3 Å². The maximum absolute atomic E-state index is 12.4. The van der Waals surface area contributed by atoms with Crippen molar-refractivity contribution in [1.82, 2.24) is 5.32 Å². The quantitative estimate of drug-likeness (QED) is 0.771. The predicted octanol–water partition coefficient (Wildman–Crippen LogP) is 3.87. The Kier molecular flexibility index (Phi) is 5.35. The van der Waals surface area contributed by atoms with Gasteiger partial charge in [-0.25, -0.2) is 0 Å². The minimum absolute atomic E-state index is 0.205. The monoisotopic (exact) mass is 342 g/mol. The lowest BCUT2D eigenvalue weighted by Crippen LogP contribution is -2.40. The summed E-state index contributed by atoms with van der Waals surface area (Å²) >= 11 is 11.9. The maximum Gasteiger partial charge on any atom is 0.240 e. The molecule has 0 radical (unpaired) electrons. The molecule has 1 aromatic carbocycles. The van der Waals surface area contributed by atoms with Crippen molar-refractivity contribution in [2.75, 3.05) is 11.9 Å². The molecule has 2 N–H and O–H groups in total. The molecule has 6 heteroatoms. The molecular formula is C16H20Cl2N2O2. The molecule has 0 aliphatic heterocycles. The van der Waals surface area contributed by atoms with Crippen LogP contribution in [0.5, 0.6) is 0 Å². The van der Waals surface area contributed by atoms with E-state index in [1.165, 1.54) is 0 Å². The normalized spacial score (nSPS) is 15.5. The number of rotatable bonds is 6. The van der Waals surface area contributed by atoms with E-state index in [9.17, 15) is 9.59 Å². The Morgan fingerprint density at radius 3 is 2.50 bits per heavy atom. The average molecular weight is 343 g/mol. The second-order valence-corrected chi connectivity index (χ2v) is 6.94. The highest BCUT2D eigenvalue weighted by Gasteiger charge is 2.56. The summed E-state index contributed by atoms with van der Waals surface area (Å²) in [6, 6.07) is 4.83. The molecule has 22 heavy (non-hydrogen) atoms. The molecule has 0 atom stereocenters. The zero-order chi connectivity index (χ0) is 16.3. The van der Waals surface area contributed by atoms with E-state index in [2.05, 4.69) is 24.5 Å². The molecule has 0 bridgehead atoms. The van der Waals surface area contributed by atoms with E-state index < -0.39 is 5.41 Å². The van der Waals surface area contributed by atoms with E-state index in [1.807, 2.05) is 0 Å². The lowest BCUT2D eigenvalue weighted by atomic mass is 10.0. The van der Waals surface area contributed by atoms with Gasteiger partial charge in [-0.3, -0.25) is 9.59 Å². The van der Waals surface area contributed by atoms with Crippen molar-refractivity contribution >= 4 is 40.7 Å². The van der Waals surface area contributed by atoms with Crippen LogP contribution in [0.3, 0.4) is 0 Å². The molecule has 1 aromatic rings. The molecule has 120 valence electrons. The third kappa shape index (κ3) is 3.93. The van der Waals surface area contributed by atoms with Gasteiger partial charge in [0.05, 0.1) is 10.7 Å². The minimum Gasteiger partial charge on any atom is -0.355 e. The van der Waals surface area contributed by atoms with E-state index in [-0.39, 0.29) is 11.8 Å². The molecule has 2 rings (SSSR count). The van der Waals surface area contributed by atoms with E-state index in [1.54, 1.807) is 18.2 Å². The van der Waals surface area contributed by atoms with Crippen LogP contribution in [0.4, 0.5) is 5.69 Å². The lowest BCUT2D eigenvalue weighted by molar-refractivity contribution is -0.134. The van der Waals surface area contributed by atoms with Crippen LogP contribution < -0.4 is 10.6 Å². The number of carbonyl (C=O) groups excluding carboxylic acids is 2. The first-order valence-electron chi connectivity index (χ1n) is 7.40. The lowest BCUT2D eigenvalue weighted by Gasteiger charge is -2.16. The Balaban J connectivity index is 1.99. The molecule has 1 fully saturated rings.